The number of anilines is 1. The van der Waals surface area contributed by atoms with Crippen molar-refractivity contribution < 1.29 is 10.0 Å². The van der Waals surface area contributed by atoms with Crippen molar-refractivity contribution in [2.45, 2.75) is 0 Å². The lowest BCUT2D eigenvalue weighted by Gasteiger charge is -1.98. The summed E-state index contributed by atoms with van der Waals surface area (Å²) >= 11 is 0. The Kier molecular flexibility index (Phi) is 2.04. The Morgan fingerprint density at radius 1 is 1.53 bits per heavy atom. The van der Waals surface area contributed by atoms with E-state index in [1.165, 1.54) is 16.9 Å². The van der Waals surface area contributed by atoms with Gasteiger partial charge in [0, 0.05) is 17.9 Å². The number of nitrogens with two attached hydrogens (primary N) is 1. The first-order chi connectivity index (χ1) is 7.13. The second-order valence-corrected chi connectivity index (χ2v) is 2.90. The highest BCUT2D eigenvalue weighted by Gasteiger charge is 2.16. The molecule has 0 aromatic carbocycles. The van der Waals surface area contributed by atoms with Crippen molar-refractivity contribution in [3.05, 3.63) is 18.0 Å². The van der Waals surface area contributed by atoms with E-state index in [1.807, 2.05) is 6.07 Å². The van der Waals surface area contributed by atoms with Crippen LogP contribution in [0, 0.1) is 11.3 Å². The summed E-state index contributed by atoms with van der Waals surface area (Å²) in [4.78, 5) is 3.87. The van der Waals surface area contributed by atoms with E-state index in [1.54, 1.807) is 0 Å². The summed E-state index contributed by atoms with van der Waals surface area (Å²) in [6.45, 7) is 0. The molecule has 2 aromatic rings. The number of rotatable bonds is 1. The van der Waals surface area contributed by atoms with Gasteiger partial charge in [-0.15, -0.1) is 5.10 Å². The monoisotopic (exact) mass is 203 g/mol. The first kappa shape index (κ1) is 9.45. The van der Waals surface area contributed by atoms with Crippen molar-refractivity contribution in [3.63, 3.8) is 0 Å². The average molecular weight is 203 g/mol. The van der Waals surface area contributed by atoms with Gasteiger partial charge in [0.2, 0.25) is 0 Å². The zero-order chi connectivity index (χ0) is 11.0. The van der Waals surface area contributed by atoms with Crippen LogP contribution in [-0.4, -0.2) is 31.8 Å². The van der Waals surface area contributed by atoms with Gasteiger partial charge in [-0.3, -0.25) is 0 Å². The topological polar surface area (TPSA) is 120 Å². The predicted molar refractivity (Wildman–Crippen MR) is 51.9 cm³/mol. The molecule has 0 unspecified atom stereocenters. The Morgan fingerprint density at radius 3 is 2.87 bits per heavy atom. The van der Waals surface area contributed by atoms with Gasteiger partial charge in [0.15, 0.2) is 11.5 Å². The van der Waals surface area contributed by atoms with E-state index in [4.69, 9.17) is 21.0 Å². The highest BCUT2D eigenvalue weighted by molar-refractivity contribution is 6.58. The molecule has 0 saturated heterocycles. The lowest BCUT2D eigenvalue weighted by atomic mass is 9.83. The fourth-order valence-corrected chi connectivity index (χ4v) is 1.21. The van der Waals surface area contributed by atoms with Gasteiger partial charge in [-0.1, -0.05) is 0 Å². The van der Waals surface area contributed by atoms with Crippen LogP contribution in [0.15, 0.2) is 12.4 Å². The number of aromatic nitrogens is 3. The molecule has 2 aromatic heterocycles. The molecule has 0 saturated carbocycles. The predicted octanol–water partition coefficient (Wildman–Crippen LogP) is -2.14. The highest BCUT2D eigenvalue weighted by atomic mass is 16.4. The Morgan fingerprint density at radius 2 is 2.27 bits per heavy atom. The van der Waals surface area contributed by atoms with E-state index >= 15 is 0 Å². The van der Waals surface area contributed by atoms with Crippen molar-refractivity contribution in [3.8, 4) is 6.07 Å². The van der Waals surface area contributed by atoms with Crippen LogP contribution < -0.4 is 11.2 Å². The lowest BCUT2D eigenvalue weighted by molar-refractivity contribution is 0.425. The molecule has 2 heterocycles. The molecule has 0 amide bonds. The standard InChI is InChI=1S/C7H6BN5O2/c9-1-5-6(10)12-13-3-4(8(14)15)2-11-7(5)13/h2-3,14-15H,(H2,10,12). The average Bonchev–Trinajstić information content (AvgIpc) is 2.51. The normalized spacial score (nSPS) is 10.2. The molecular weight excluding hydrogens is 197 g/mol. The van der Waals surface area contributed by atoms with E-state index < -0.39 is 7.12 Å². The minimum atomic E-state index is -1.63. The second-order valence-electron chi connectivity index (χ2n) is 2.90. The molecule has 15 heavy (non-hydrogen) atoms. The van der Waals surface area contributed by atoms with Crippen molar-refractivity contribution in [1.82, 2.24) is 14.6 Å². The van der Waals surface area contributed by atoms with E-state index in [0.717, 1.165) is 0 Å². The molecule has 0 aliphatic heterocycles. The van der Waals surface area contributed by atoms with Crippen molar-refractivity contribution >= 4 is 24.0 Å². The second kappa shape index (κ2) is 3.23. The summed E-state index contributed by atoms with van der Waals surface area (Å²) in [5.41, 5.74) is 6.11. The van der Waals surface area contributed by atoms with E-state index in [0.29, 0.717) is 5.65 Å². The van der Waals surface area contributed by atoms with Gasteiger partial charge >= 0.3 is 7.12 Å². The minimum Gasteiger partial charge on any atom is -0.423 e. The number of fused-ring (bicyclic) bond motifs is 1. The summed E-state index contributed by atoms with van der Waals surface area (Å²) in [5.74, 6) is 0.0644. The summed E-state index contributed by atoms with van der Waals surface area (Å²) < 4.78 is 1.24. The van der Waals surface area contributed by atoms with Crippen molar-refractivity contribution in [2.75, 3.05) is 5.73 Å². The lowest BCUT2D eigenvalue weighted by Crippen LogP contribution is -2.31. The molecule has 0 radical (unpaired) electrons. The Labute approximate surface area is 84.5 Å². The van der Waals surface area contributed by atoms with E-state index in [-0.39, 0.29) is 16.8 Å². The van der Waals surface area contributed by atoms with Gasteiger partial charge in [-0.25, -0.2) is 9.50 Å². The first-order valence-electron chi connectivity index (χ1n) is 4.03. The largest absolute Gasteiger partial charge is 0.491 e. The molecule has 0 atom stereocenters. The maximum Gasteiger partial charge on any atom is 0.491 e. The van der Waals surface area contributed by atoms with Crippen LogP contribution in [0.1, 0.15) is 5.56 Å². The van der Waals surface area contributed by atoms with Gasteiger partial charge in [-0.05, 0) is 0 Å². The van der Waals surface area contributed by atoms with Crippen LogP contribution in [0.25, 0.3) is 5.65 Å². The summed E-state index contributed by atoms with van der Waals surface area (Å²) in [6.07, 6.45) is 2.60. The molecule has 0 aliphatic rings. The Balaban J connectivity index is 2.71. The molecular formula is C7H6BN5O2. The minimum absolute atomic E-state index is 0.0644. The molecule has 0 spiro atoms. The van der Waals surface area contributed by atoms with Gasteiger partial charge in [0.25, 0.3) is 0 Å². The summed E-state index contributed by atoms with van der Waals surface area (Å²) in [7, 11) is -1.63. The fourth-order valence-electron chi connectivity index (χ4n) is 1.21. The van der Waals surface area contributed by atoms with Crippen LogP contribution in [0.3, 0.4) is 0 Å². The van der Waals surface area contributed by atoms with Gasteiger partial charge < -0.3 is 15.8 Å². The zero-order valence-corrected chi connectivity index (χ0v) is 7.49. The number of hydrogen-bond acceptors (Lipinski definition) is 6. The molecule has 2 rings (SSSR count). The fraction of sp³-hybridized carbons (Fsp3) is 0. The van der Waals surface area contributed by atoms with Crippen LogP contribution in [-0.2, 0) is 0 Å². The summed E-state index contributed by atoms with van der Waals surface area (Å²) in [5, 5.41) is 30.4. The Hall–Kier alpha value is -2.11. The maximum absolute atomic E-state index is 8.89. The zero-order valence-electron chi connectivity index (χ0n) is 7.49. The third-order valence-corrected chi connectivity index (χ3v) is 1.93. The number of nitriles is 1. The number of nitrogens with zero attached hydrogens (tertiary/aromatic N) is 4. The molecule has 7 nitrogen and oxygen atoms in total. The van der Waals surface area contributed by atoms with Crippen LogP contribution >= 0.6 is 0 Å². The van der Waals surface area contributed by atoms with E-state index in [2.05, 4.69) is 10.1 Å². The maximum atomic E-state index is 8.89. The number of nitrogen functional groups attached to an aromatic ring is 1. The third kappa shape index (κ3) is 1.39. The van der Waals surface area contributed by atoms with E-state index in [9.17, 15) is 0 Å². The Bertz CT molecular complexity index is 558. The molecule has 4 N–H and O–H groups in total. The molecule has 0 fully saturated rings. The first-order valence-corrected chi connectivity index (χ1v) is 4.03. The van der Waals surface area contributed by atoms with Gasteiger partial charge in [0.05, 0.1) is 0 Å². The van der Waals surface area contributed by atoms with Crippen LogP contribution in [0.5, 0.6) is 0 Å². The quantitative estimate of drug-likeness (QED) is 0.455. The number of hydrogen-bond donors (Lipinski definition) is 3. The summed E-state index contributed by atoms with van der Waals surface area (Å²) in [6, 6.07) is 1.87. The molecule has 0 bridgehead atoms. The van der Waals surface area contributed by atoms with Crippen molar-refractivity contribution in [2.24, 2.45) is 0 Å². The van der Waals surface area contributed by atoms with Gasteiger partial charge in [0.1, 0.15) is 11.6 Å². The third-order valence-electron chi connectivity index (χ3n) is 1.93. The molecule has 74 valence electrons. The molecule has 8 heteroatoms. The van der Waals surface area contributed by atoms with Crippen molar-refractivity contribution in [1.29, 1.82) is 5.26 Å². The molecule has 0 aliphatic carbocycles. The SMILES string of the molecule is N#Cc1c(N)nn2cc(B(O)O)cnc12. The van der Waals surface area contributed by atoms with Crippen LogP contribution in [0.4, 0.5) is 5.82 Å². The smallest absolute Gasteiger partial charge is 0.423 e. The highest BCUT2D eigenvalue weighted by Crippen LogP contribution is 2.12. The van der Waals surface area contributed by atoms with Gasteiger partial charge in [-0.2, -0.15) is 5.26 Å². The van der Waals surface area contributed by atoms with Crippen LogP contribution in [0.2, 0.25) is 0 Å².